The first-order valence-corrected chi connectivity index (χ1v) is 11.2. The zero-order valence-corrected chi connectivity index (χ0v) is 19.7. The third-order valence-electron chi connectivity index (χ3n) is 5.91. The van der Waals surface area contributed by atoms with Crippen molar-refractivity contribution >= 4 is 39.4 Å². The molecule has 0 radical (unpaired) electrons. The largest absolute Gasteiger partial charge is 0.381 e. The van der Waals surface area contributed by atoms with Gasteiger partial charge in [0.05, 0.1) is 30.4 Å². The molecule has 1 N–H and O–H groups in total. The predicted octanol–water partition coefficient (Wildman–Crippen LogP) is 3.54. The molecule has 3 aromatic heterocycles. The van der Waals surface area contributed by atoms with Gasteiger partial charge in [-0.25, -0.2) is 24.3 Å². The molecule has 0 amide bonds. The summed E-state index contributed by atoms with van der Waals surface area (Å²) in [5.41, 5.74) is 5.17. The van der Waals surface area contributed by atoms with E-state index in [-0.39, 0.29) is 11.0 Å². The first-order chi connectivity index (χ1) is 16.4. The van der Waals surface area contributed by atoms with Crippen molar-refractivity contribution in [2.45, 2.75) is 32.7 Å². The van der Waals surface area contributed by atoms with Gasteiger partial charge in [-0.3, -0.25) is 0 Å². The molecule has 0 aliphatic carbocycles. The third kappa shape index (κ3) is 3.86. The maximum absolute atomic E-state index is 13.4. The third-order valence-corrected chi connectivity index (χ3v) is 5.91. The highest BCUT2D eigenvalue weighted by molar-refractivity contribution is 6.03. The molecule has 0 spiro atoms. The Morgan fingerprint density at radius 1 is 1.06 bits per heavy atom. The lowest BCUT2D eigenvalue weighted by Gasteiger charge is -2.18. The number of ether oxygens (including phenoxy) is 1. The summed E-state index contributed by atoms with van der Waals surface area (Å²) in [7, 11) is 1.61. The van der Waals surface area contributed by atoms with Crippen LogP contribution in [0.2, 0.25) is 0 Å². The zero-order valence-electron chi connectivity index (χ0n) is 19.7. The Kier molecular flexibility index (Phi) is 5.45. The molecule has 0 aliphatic rings. The van der Waals surface area contributed by atoms with Gasteiger partial charge in [-0.1, -0.05) is 57.2 Å². The summed E-state index contributed by atoms with van der Waals surface area (Å²) >= 11 is 0. The Labute approximate surface area is 196 Å². The molecule has 2 aromatic carbocycles. The summed E-state index contributed by atoms with van der Waals surface area (Å²) in [6.45, 7) is 7.42. The molecule has 5 aromatic rings. The highest BCUT2D eigenvalue weighted by Gasteiger charge is 2.24. The van der Waals surface area contributed by atoms with Gasteiger partial charge in [-0.2, -0.15) is 0 Å². The number of nitrogens with zero attached hydrogens (tertiary/aromatic N) is 5. The summed E-state index contributed by atoms with van der Waals surface area (Å²) < 4.78 is 8.39. The lowest BCUT2D eigenvalue weighted by Crippen LogP contribution is -2.28. The summed E-state index contributed by atoms with van der Waals surface area (Å²) in [5.74, 6) is 0. The molecule has 0 atom stereocenters. The van der Waals surface area contributed by atoms with Gasteiger partial charge in [-0.05, 0) is 28.7 Å². The van der Waals surface area contributed by atoms with E-state index in [9.17, 15) is 4.79 Å². The molecule has 0 saturated heterocycles. The van der Waals surface area contributed by atoms with E-state index in [0.717, 1.165) is 16.6 Å². The van der Waals surface area contributed by atoms with Crippen LogP contribution in [0.25, 0.3) is 33.2 Å². The van der Waals surface area contributed by atoms with Gasteiger partial charge in [0.2, 0.25) is 5.65 Å². The second-order valence-electron chi connectivity index (χ2n) is 9.30. The molecule has 0 fully saturated rings. The molecular formula is C26H27N6O2+. The van der Waals surface area contributed by atoms with E-state index in [1.165, 1.54) is 5.56 Å². The van der Waals surface area contributed by atoms with Crippen molar-refractivity contribution < 1.29 is 9.72 Å². The second kappa shape index (κ2) is 8.46. The standard InChI is InChI=1S/C26H26N6O2/c1-26(2,3)18-11-9-17(10-12-18)15-28-32-23-21(25(33)31(16-27-23)13-14-34-4)22-24(32)30-20-8-6-5-7-19(20)29-22/h5-12,15-16H,13-14H2,1-4H3/p+1. The fourth-order valence-corrected chi connectivity index (χ4v) is 3.97. The molecule has 0 unspecified atom stereocenters. The molecular weight excluding hydrogens is 428 g/mol. The van der Waals surface area contributed by atoms with Gasteiger partial charge >= 0.3 is 5.56 Å². The van der Waals surface area contributed by atoms with Crippen molar-refractivity contribution in [1.29, 1.82) is 0 Å². The topological polar surface area (TPSA) is 88.4 Å². The minimum atomic E-state index is -0.163. The number of benzene rings is 2. The molecule has 3 heterocycles. The molecule has 8 heteroatoms. The van der Waals surface area contributed by atoms with Gasteiger partial charge in [0.1, 0.15) is 5.52 Å². The highest BCUT2D eigenvalue weighted by atomic mass is 16.5. The lowest BCUT2D eigenvalue weighted by molar-refractivity contribution is -0.357. The Bertz CT molecular complexity index is 1590. The molecule has 0 saturated carbocycles. The van der Waals surface area contributed by atoms with E-state index >= 15 is 0 Å². The minimum absolute atomic E-state index is 0.0802. The summed E-state index contributed by atoms with van der Waals surface area (Å²) in [6, 6.07) is 15.9. The van der Waals surface area contributed by atoms with Crippen LogP contribution in [0.3, 0.4) is 0 Å². The quantitative estimate of drug-likeness (QED) is 0.379. The van der Waals surface area contributed by atoms with E-state index in [2.05, 4.69) is 37.9 Å². The Morgan fingerprint density at radius 2 is 1.76 bits per heavy atom. The maximum atomic E-state index is 13.4. The number of hydrogen-bond acceptors (Lipinski definition) is 5. The van der Waals surface area contributed by atoms with Crippen LogP contribution in [0.15, 0.2) is 64.8 Å². The highest BCUT2D eigenvalue weighted by Crippen LogP contribution is 2.24. The SMILES string of the molecule is COCCn1c[nH+]c2c(c1=O)c1nc3ccccc3nc1n2N=Cc1ccc(C(C)(C)C)cc1. The summed E-state index contributed by atoms with van der Waals surface area (Å²) in [4.78, 5) is 26.2. The number of rotatable bonds is 5. The van der Waals surface area contributed by atoms with Gasteiger partial charge in [0.15, 0.2) is 11.7 Å². The van der Waals surface area contributed by atoms with Crippen LogP contribution >= 0.6 is 0 Å². The minimum Gasteiger partial charge on any atom is -0.381 e. The second-order valence-corrected chi connectivity index (χ2v) is 9.30. The van der Waals surface area contributed by atoms with E-state index in [0.29, 0.717) is 35.3 Å². The van der Waals surface area contributed by atoms with Crippen molar-refractivity contribution in [3.8, 4) is 0 Å². The molecule has 5 rings (SSSR count). The molecule has 172 valence electrons. The molecule has 0 bridgehead atoms. The number of fused-ring (bicyclic) bond motifs is 4. The van der Waals surface area contributed by atoms with Crippen LogP contribution in [0.1, 0.15) is 31.9 Å². The van der Waals surface area contributed by atoms with Crippen molar-refractivity contribution in [2.24, 2.45) is 5.10 Å². The van der Waals surface area contributed by atoms with Gasteiger partial charge in [-0.15, -0.1) is 9.78 Å². The molecule has 0 aliphatic heterocycles. The van der Waals surface area contributed by atoms with E-state index < -0.39 is 0 Å². The van der Waals surface area contributed by atoms with E-state index in [1.807, 2.05) is 36.4 Å². The van der Waals surface area contributed by atoms with Crippen LogP contribution in [0.5, 0.6) is 0 Å². The van der Waals surface area contributed by atoms with E-state index in [4.69, 9.17) is 19.8 Å². The first kappa shape index (κ1) is 21.9. The molecule has 8 nitrogen and oxygen atoms in total. The summed E-state index contributed by atoms with van der Waals surface area (Å²) in [6.07, 6.45) is 3.42. The predicted molar refractivity (Wildman–Crippen MR) is 133 cm³/mol. The number of nitrogens with one attached hydrogen (secondary N) is 1. The fourth-order valence-electron chi connectivity index (χ4n) is 3.97. The number of para-hydroxylation sites is 2. The Hall–Kier alpha value is -3.91. The van der Waals surface area contributed by atoms with Gasteiger partial charge < -0.3 is 4.74 Å². The first-order valence-electron chi connectivity index (χ1n) is 11.2. The Morgan fingerprint density at radius 3 is 2.44 bits per heavy atom. The fraction of sp³-hybridized carbons (Fsp3) is 0.269. The van der Waals surface area contributed by atoms with Crippen LogP contribution in [0, 0.1) is 0 Å². The van der Waals surface area contributed by atoms with Crippen LogP contribution in [-0.2, 0) is 16.7 Å². The molecule has 34 heavy (non-hydrogen) atoms. The van der Waals surface area contributed by atoms with Crippen LogP contribution in [0.4, 0.5) is 0 Å². The summed E-state index contributed by atoms with van der Waals surface area (Å²) in [5, 5.41) is 5.16. The van der Waals surface area contributed by atoms with Gasteiger partial charge in [0, 0.05) is 7.11 Å². The average molecular weight is 456 g/mol. The number of aromatic nitrogens is 5. The number of aromatic amines is 1. The van der Waals surface area contributed by atoms with Gasteiger partial charge in [0.25, 0.3) is 5.65 Å². The maximum Gasteiger partial charge on any atom is 0.322 e. The monoisotopic (exact) mass is 455 g/mol. The lowest BCUT2D eigenvalue weighted by atomic mass is 9.87. The van der Waals surface area contributed by atoms with E-state index in [1.54, 1.807) is 28.9 Å². The number of H-pyrrole nitrogens is 1. The number of hydrogen-bond donors (Lipinski definition) is 0. The van der Waals surface area contributed by atoms with Crippen molar-refractivity contribution in [3.63, 3.8) is 0 Å². The normalized spacial score (nSPS) is 12.5. The van der Waals surface area contributed by atoms with Crippen molar-refractivity contribution in [2.75, 3.05) is 13.7 Å². The average Bonchev–Trinajstić information content (AvgIpc) is 3.13. The van der Waals surface area contributed by atoms with Crippen LogP contribution in [-0.4, -0.2) is 39.1 Å². The van der Waals surface area contributed by atoms with Crippen LogP contribution < -0.4 is 10.5 Å². The van der Waals surface area contributed by atoms with Crippen molar-refractivity contribution in [3.05, 3.63) is 76.3 Å². The Balaban J connectivity index is 1.71. The smallest absolute Gasteiger partial charge is 0.322 e. The number of methoxy groups -OCH3 is 1. The van der Waals surface area contributed by atoms with Crippen molar-refractivity contribution in [1.82, 2.24) is 19.2 Å². The zero-order chi connectivity index (χ0) is 23.9.